The van der Waals surface area contributed by atoms with Gasteiger partial charge in [-0.3, -0.25) is 0 Å². The topological polar surface area (TPSA) is 46.5 Å². The zero-order valence-electron chi connectivity index (χ0n) is 10.4. The number of hydrogen-bond acceptors (Lipinski definition) is 3. The molecule has 1 aromatic rings. The van der Waals surface area contributed by atoms with E-state index < -0.39 is 0 Å². The van der Waals surface area contributed by atoms with Crippen LogP contribution in [0, 0.1) is 5.92 Å². The summed E-state index contributed by atoms with van der Waals surface area (Å²) < 4.78 is 5.18. The molecule has 1 unspecified atom stereocenters. The summed E-state index contributed by atoms with van der Waals surface area (Å²) in [5.41, 5.74) is 0.844. The van der Waals surface area contributed by atoms with Gasteiger partial charge in [0.15, 0.2) is 0 Å². The quantitative estimate of drug-likeness (QED) is 0.643. The molecule has 92 valence electrons. The van der Waals surface area contributed by atoms with Crippen molar-refractivity contribution in [3.05, 3.63) is 35.9 Å². The predicted molar refractivity (Wildman–Crippen MR) is 67.5 cm³/mol. The Morgan fingerprint density at radius 2 is 1.82 bits per heavy atom. The van der Waals surface area contributed by atoms with Crippen molar-refractivity contribution in [3.8, 4) is 5.75 Å². The molecule has 3 nitrogen and oxygen atoms in total. The van der Waals surface area contributed by atoms with Crippen molar-refractivity contribution in [1.29, 1.82) is 0 Å². The van der Waals surface area contributed by atoms with E-state index in [9.17, 15) is 4.79 Å². The smallest absolute Gasteiger partial charge is 0.331 e. The van der Waals surface area contributed by atoms with Crippen LogP contribution in [0.15, 0.2) is 30.3 Å². The fraction of sp³-hybridized carbons (Fsp3) is 0.357. The van der Waals surface area contributed by atoms with Gasteiger partial charge >= 0.3 is 5.97 Å². The van der Waals surface area contributed by atoms with Crippen LogP contribution in [0.1, 0.15) is 26.3 Å². The summed E-state index contributed by atoms with van der Waals surface area (Å²) in [6, 6.07) is 6.60. The van der Waals surface area contributed by atoms with Crippen LogP contribution in [0.3, 0.4) is 0 Å². The van der Waals surface area contributed by atoms with E-state index in [-0.39, 0.29) is 17.8 Å². The third-order valence-corrected chi connectivity index (χ3v) is 2.55. The van der Waals surface area contributed by atoms with Gasteiger partial charge in [-0.25, -0.2) is 4.79 Å². The molecule has 1 aromatic carbocycles. The van der Waals surface area contributed by atoms with E-state index in [1.54, 1.807) is 30.3 Å². The Labute approximate surface area is 102 Å². The first-order valence-electron chi connectivity index (χ1n) is 5.66. The number of hydrogen-bond donors (Lipinski definition) is 1. The second kappa shape index (κ2) is 6.09. The molecule has 1 atom stereocenters. The van der Waals surface area contributed by atoms with Crippen LogP contribution in [-0.2, 0) is 9.53 Å². The van der Waals surface area contributed by atoms with Gasteiger partial charge in [-0.15, -0.1) is 0 Å². The number of rotatable bonds is 4. The van der Waals surface area contributed by atoms with Crippen molar-refractivity contribution in [3.63, 3.8) is 0 Å². The molecule has 0 saturated heterocycles. The van der Waals surface area contributed by atoms with Gasteiger partial charge in [0.05, 0.1) is 0 Å². The fourth-order valence-corrected chi connectivity index (χ4v) is 1.11. The van der Waals surface area contributed by atoms with Crippen molar-refractivity contribution in [2.45, 2.75) is 26.9 Å². The van der Waals surface area contributed by atoms with Gasteiger partial charge in [-0.05, 0) is 36.6 Å². The van der Waals surface area contributed by atoms with Crippen LogP contribution in [-0.4, -0.2) is 17.2 Å². The van der Waals surface area contributed by atoms with Crippen LogP contribution in [0.5, 0.6) is 5.75 Å². The maximum Gasteiger partial charge on any atom is 0.331 e. The van der Waals surface area contributed by atoms with Crippen molar-refractivity contribution < 1.29 is 14.6 Å². The first kappa shape index (κ1) is 13.3. The lowest BCUT2D eigenvalue weighted by Crippen LogP contribution is -2.18. The molecule has 0 fully saturated rings. The molecule has 0 aliphatic heterocycles. The van der Waals surface area contributed by atoms with E-state index in [1.807, 2.05) is 20.8 Å². The van der Waals surface area contributed by atoms with Crippen LogP contribution >= 0.6 is 0 Å². The number of phenolic OH excluding ortho intramolecular Hbond substituents is 1. The highest BCUT2D eigenvalue weighted by Crippen LogP contribution is 2.11. The van der Waals surface area contributed by atoms with Crippen molar-refractivity contribution in [1.82, 2.24) is 0 Å². The maximum atomic E-state index is 11.4. The Hall–Kier alpha value is -1.77. The van der Waals surface area contributed by atoms with Gasteiger partial charge < -0.3 is 9.84 Å². The minimum Gasteiger partial charge on any atom is -0.508 e. The molecule has 0 heterocycles. The summed E-state index contributed by atoms with van der Waals surface area (Å²) in [6.45, 7) is 5.88. The number of carbonyl (C=O) groups is 1. The van der Waals surface area contributed by atoms with E-state index in [2.05, 4.69) is 0 Å². The number of aromatic hydroxyl groups is 1. The Morgan fingerprint density at radius 3 is 2.35 bits per heavy atom. The fourth-order valence-electron chi connectivity index (χ4n) is 1.11. The predicted octanol–water partition coefficient (Wildman–Crippen LogP) is 2.99. The number of ether oxygens (including phenoxy) is 1. The molecule has 3 heteroatoms. The Balaban J connectivity index is 2.53. The summed E-state index contributed by atoms with van der Waals surface area (Å²) in [4.78, 5) is 11.4. The molecule has 0 aliphatic rings. The zero-order valence-corrected chi connectivity index (χ0v) is 10.4. The highest BCUT2D eigenvalue weighted by Gasteiger charge is 2.10. The molecule has 0 aliphatic carbocycles. The van der Waals surface area contributed by atoms with Crippen LogP contribution in [0.2, 0.25) is 0 Å². The van der Waals surface area contributed by atoms with Gasteiger partial charge in [0, 0.05) is 6.08 Å². The molecule has 0 saturated carbocycles. The molecular weight excluding hydrogens is 216 g/mol. The number of esters is 1. The minimum absolute atomic E-state index is 0.0908. The summed E-state index contributed by atoms with van der Waals surface area (Å²) in [5, 5.41) is 9.10. The molecular formula is C14H18O3. The average molecular weight is 234 g/mol. The molecule has 0 spiro atoms. The minimum atomic E-state index is -0.348. The van der Waals surface area contributed by atoms with Crippen LogP contribution in [0.25, 0.3) is 6.08 Å². The lowest BCUT2D eigenvalue weighted by Gasteiger charge is -2.14. The summed E-state index contributed by atoms with van der Waals surface area (Å²) >= 11 is 0. The van der Waals surface area contributed by atoms with E-state index in [0.717, 1.165) is 5.56 Å². The lowest BCUT2D eigenvalue weighted by molar-refractivity contribution is -0.143. The standard InChI is InChI=1S/C14H18O3/c1-10(2)11(3)17-14(16)9-6-12-4-7-13(15)8-5-12/h4-11,15H,1-3H3. The average Bonchev–Trinajstić information content (AvgIpc) is 2.28. The summed E-state index contributed by atoms with van der Waals surface area (Å²) in [7, 11) is 0. The zero-order chi connectivity index (χ0) is 12.8. The number of phenols is 1. The van der Waals surface area contributed by atoms with Gasteiger partial charge in [-0.2, -0.15) is 0 Å². The number of carbonyl (C=O) groups excluding carboxylic acids is 1. The normalized spacial score (nSPS) is 12.9. The van der Waals surface area contributed by atoms with Crippen LogP contribution < -0.4 is 0 Å². The van der Waals surface area contributed by atoms with Gasteiger partial charge in [0.1, 0.15) is 11.9 Å². The molecule has 1 rings (SSSR count). The van der Waals surface area contributed by atoms with E-state index in [4.69, 9.17) is 9.84 Å². The van der Waals surface area contributed by atoms with Crippen molar-refractivity contribution in [2.24, 2.45) is 5.92 Å². The molecule has 0 radical (unpaired) electrons. The van der Waals surface area contributed by atoms with E-state index in [1.165, 1.54) is 6.08 Å². The highest BCUT2D eigenvalue weighted by atomic mass is 16.5. The molecule has 0 amide bonds. The van der Waals surface area contributed by atoms with Gasteiger partial charge in [-0.1, -0.05) is 26.0 Å². The number of benzene rings is 1. The SMILES string of the molecule is CC(C)C(C)OC(=O)C=Cc1ccc(O)cc1. The highest BCUT2D eigenvalue weighted by molar-refractivity contribution is 5.87. The largest absolute Gasteiger partial charge is 0.508 e. The van der Waals surface area contributed by atoms with E-state index in [0.29, 0.717) is 5.92 Å². The maximum absolute atomic E-state index is 11.4. The van der Waals surface area contributed by atoms with Crippen LogP contribution in [0.4, 0.5) is 0 Å². The molecule has 0 aromatic heterocycles. The summed E-state index contributed by atoms with van der Waals surface area (Å²) in [6.07, 6.45) is 2.96. The molecule has 17 heavy (non-hydrogen) atoms. The first-order chi connectivity index (χ1) is 7.99. The second-order valence-electron chi connectivity index (χ2n) is 4.31. The van der Waals surface area contributed by atoms with Gasteiger partial charge in [0.2, 0.25) is 0 Å². The lowest BCUT2D eigenvalue weighted by atomic mass is 10.1. The molecule has 1 N–H and O–H groups in total. The third kappa shape index (κ3) is 4.72. The monoisotopic (exact) mass is 234 g/mol. The van der Waals surface area contributed by atoms with Crippen molar-refractivity contribution >= 4 is 12.0 Å². The van der Waals surface area contributed by atoms with E-state index >= 15 is 0 Å². The Kier molecular flexibility index (Phi) is 4.76. The first-order valence-corrected chi connectivity index (χ1v) is 5.66. The summed E-state index contributed by atoms with van der Waals surface area (Å²) in [5.74, 6) is 0.165. The Bertz CT molecular complexity index is 390. The second-order valence-corrected chi connectivity index (χ2v) is 4.31. The third-order valence-electron chi connectivity index (χ3n) is 2.55. The molecule has 0 bridgehead atoms. The Morgan fingerprint density at radius 1 is 1.24 bits per heavy atom. The van der Waals surface area contributed by atoms with Gasteiger partial charge in [0.25, 0.3) is 0 Å². The van der Waals surface area contributed by atoms with Crippen molar-refractivity contribution in [2.75, 3.05) is 0 Å².